The van der Waals surface area contributed by atoms with Gasteiger partial charge in [-0.3, -0.25) is 9.78 Å². The van der Waals surface area contributed by atoms with E-state index in [4.69, 9.17) is 4.74 Å². The van der Waals surface area contributed by atoms with Gasteiger partial charge in [-0.25, -0.2) is 0 Å². The van der Waals surface area contributed by atoms with Crippen molar-refractivity contribution in [2.45, 2.75) is 38.3 Å². The number of piperidine rings is 2. The fraction of sp³-hybridized carbons (Fsp3) is 0.538. The van der Waals surface area contributed by atoms with Crippen LogP contribution in [0.5, 0.6) is 5.75 Å². The number of nitrogens with zero attached hydrogens (tertiary/aromatic N) is 4. The molecular weight excluding hydrogens is 400 g/mol. The molecule has 0 bridgehead atoms. The first-order valence-electron chi connectivity index (χ1n) is 11.9. The standard InChI is InChI=1S/C26H36N4O2/c1-28-15-11-23(12-16-28)29-17-9-22(10-18-29)20-30(19-21-7-13-27-14-8-21)26(31)24-5-3-4-6-25(24)32-2/h3-8,13-14,22-23H,9-12,15-20H2,1-2H3. The first kappa shape index (κ1) is 22.7. The minimum atomic E-state index is 0.0389. The van der Waals surface area contributed by atoms with E-state index in [1.165, 1.54) is 25.9 Å². The predicted octanol–water partition coefficient (Wildman–Crippen LogP) is 3.54. The van der Waals surface area contributed by atoms with Gasteiger partial charge in [0.25, 0.3) is 5.91 Å². The molecule has 0 radical (unpaired) electrons. The van der Waals surface area contributed by atoms with Gasteiger partial charge in [0.1, 0.15) is 5.75 Å². The molecule has 4 rings (SSSR count). The summed E-state index contributed by atoms with van der Waals surface area (Å²) in [6.07, 6.45) is 8.45. The molecule has 1 aromatic heterocycles. The van der Waals surface area contributed by atoms with Crippen LogP contribution in [0.2, 0.25) is 0 Å². The maximum absolute atomic E-state index is 13.6. The molecule has 0 N–H and O–H groups in total. The Hall–Kier alpha value is -2.44. The average Bonchev–Trinajstić information content (AvgIpc) is 2.85. The smallest absolute Gasteiger partial charge is 0.257 e. The summed E-state index contributed by atoms with van der Waals surface area (Å²) in [6, 6.07) is 12.2. The van der Waals surface area contributed by atoms with Crippen LogP contribution in [-0.4, -0.2) is 78.5 Å². The maximum atomic E-state index is 13.6. The second-order valence-corrected chi connectivity index (χ2v) is 9.26. The largest absolute Gasteiger partial charge is 0.496 e. The number of aromatic nitrogens is 1. The molecule has 6 nitrogen and oxygen atoms in total. The van der Waals surface area contributed by atoms with Gasteiger partial charge in [0.2, 0.25) is 0 Å². The fourth-order valence-electron chi connectivity index (χ4n) is 5.09. The molecule has 2 aliphatic heterocycles. The van der Waals surface area contributed by atoms with Crippen molar-refractivity contribution in [1.29, 1.82) is 0 Å². The number of ether oxygens (including phenoxy) is 1. The third-order valence-electron chi connectivity index (χ3n) is 7.08. The number of benzene rings is 1. The van der Waals surface area contributed by atoms with E-state index in [-0.39, 0.29) is 5.91 Å². The van der Waals surface area contributed by atoms with Crippen molar-refractivity contribution in [3.05, 3.63) is 59.9 Å². The van der Waals surface area contributed by atoms with Crippen molar-refractivity contribution in [2.24, 2.45) is 5.92 Å². The van der Waals surface area contributed by atoms with E-state index in [1.54, 1.807) is 19.5 Å². The van der Waals surface area contributed by atoms with Crippen LogP contribution in [0, 0.1) is 5.92 Å². The van der Waals surface area contributed by atoms with E-state index in [9.17, 15) is 4.79 Å². The molecule has 0 unspecified atom stereocenters. The average molecular weight is 437 g/mol. The molecule has 0 aliphatic carbocycles. The highest BCUT2D eigenvalue weighted by Gasteiger charge is 2.29. The number of pyridine rings is 1. The minimum absolute atomic E-state index is 0.0389. The number of amides is 1. The van der Waals surface area contributed by atoms with E-state index >= 15 is 0 Å². The van der Waals surface area contributed by atoms with Crippen LogP contribution in [0.15, 0.2) is 48.8 Å². The second kappa shape index (κ2) is 10.9. The van der Waals surface area contributed by atoms with Crippen LogP contribution in [-0.2, 0) is 6.54 Å². The Kier molecular flexibility index (Phi) is 7.76. The highest BCUT2D eigenvalue weighted by atomic mass is 16.5. The molecular formula is C26H36N4O2. The maximum Gasteiger partial charge on any atom is 0.257 e. The molecule has 1 amide bonds. The summed E-state index contributed by atoms with van der Waals surface area (Å²) >= 11 is 0. The fourth-order valence-corrected chi connectivity index (χ4v) is 5.09. The van der Waals surface area contributed by atoms with Gasteiger partial charge in [0.05, 0.1) is 12.7 Å². The zero-order valence-electron chi connectivity index (χ0n) is 19.4. The Labute approximate surface area is 192 Å². The number of rotatable bonds is 7. The summed E-state index contributed by atoms with van der Waals surface area (Å²) in [5.74, 6) is 1.20. The monoisotopic (exact) mass is 436 g/mol. The first-order chi connectivity index (χ1) is 15.6. The third-order valence-corrected chi connectivity index (χ3v) is 7.08. The van der Waals surface area contributed by atoms with Crippen LogP contribution in [0.1, 0.15) is 41.6 Å². The van der Waals surface area contributed by atoms with Crippen molar-refractivity contribution in [1.82, 2.24) is 19.7 Å². The van der Waals surface area contributed by atoms with E-state index in [2.05, 4.69) is 21.8 Å². The highest BCUT2D eigenvalue weighted by Crippen LogP contribution is 2.26. The van der Waals surface area contributed by atoms with Crippen LogP contribution >= 0.6 is 0 Å². The lowest BCUT2D eigenvalue weighted by atomic mass is 9.92. The molecule has 3 heterocycles. The summed E-state index contributed by atoms with van der Waals surface area (Å²) in [4.78, 5) is 24.8. The van der Waals surface area contributed by atoms with Crippen LogP contribution in [0.3, 0.4) is 0 Å². The second-order valence-electron chi connectivity index (χ2n) is 9.26. The Bertz CT molecular complexity index is 859. The third kappa shape index (κ3) is 5.67. The zero-order chi connectivity index (χ0) is 22.3. The van der Waals surface area contributed by atoms with Gasteiger partial charge >= 0.3 is 0 Å². The van der Waals surface area contributed by atoms with Crippen LogP contribution < -0.4 is 4.74 Å². The molecule has 2 aromatic rings. The number of hydrogen-bond acceptors (Lipinski definition) is 5. The van der Waals surface area contributed by atoms with Gasteiger partial charge < -0.3 is 19.4 Å². The number of methoxy groups -OCH3 is 1. The van der Waals surface area contributed by atoms with Gasteiger partial charge in [0, 0.05) is 31.5 Å². The summed E-state index contributed by atoms with van der Waals surface area (Å²) in [7, 11) is 3.84. The van der Waals surface area contributed by atoms with Crippen molar-refractivity contribution in [3.8, 4) is 5.75 Å². The molecule has 0 spiro atoms. The predicted molar refractivity (Wildman–Crippen MR) is 127 cm³/mol. The number of carbonyl (C=O) groups excluding carboxylic acids is 1. The van der Waals surface area contributed by atoms with E-state index in [1.807, 2.05) is 41.3 Å². The lowest BCUT2D eigenvalue weighted by Gasteiger charge is -2.42. The topological polar surface area (TPSA) is 48.9 Å². The summed E-state index contributed by atoms with van der Waals surface area (Å²) < 4.78 is 5.48. The van der Waals surface area contributed by atoms with Crippen molar-refractivity contribution < 1.29 is 9.53 Å². The lowest BCUT2D eigenvalue weighted by molar-refractivity contribution is 0.0585. The van der Waals surface area contributed by atoms with Crippen molar-refractivity contribution in [2.75, 3.05) is 46.9 Å². The molecule has 2 saturated heterocycles. The molecule has 172 valence electrons. The van der Waals surface area contributed by atoms with Gasteiger partial charge in [-0.1, -0.05) is 12.1 Å². The first-order valence-corrected chi connectivity index (χ1v) is 11.9. The molecule has 6 heteroatoms. The van der Waals surface area contributed by atoms with E-state index in [0.717, 1.165) is 44.1 Å². The quantitative estimate of drug-likeness (QED) is 0.665. The van der Waals surface area contributed by atoms with Gasteiger partial charge in [-0.15, -0.1) is 0 Å². The van der Waals surface area contributed by atoms with Crippen LogP contribution in [0.25, 0.3) is 0 Å². The van der Waals surface area contributed by atoms with Crippen LogP contribution in [0.4, 0.5) is 0 Å². The SMILES string of the molecule is COc1ccccc1C(=O)N(Cc1ccncc1)CC1CCN(C2CCN(C)CC2)CC1. The number of carbonyl (C=O) groups is 1. The summed E-state index contributed by atoms with van der Waals surface area (Å²) in [6.45, 7) is 6.07. The number of para-hydroxylation sites is 1. The minimum Gasteiger partial charge on any atom is -0.496 e. The summed E-state index contributed by atoms with van der Waals surface area (Å²) in [5.41, 5.74) is 1.74. The van der Waals surface area contributed by atoms with E-state index < -0.39 is 0 Å². The van der Waals surface area contributed by atoms with Gasteiger partial charge in [-0.2, -0.15) is 0 Å². The molecule has 2 aliphatic rings. The van der Waals surface area contributed by atoms with E-state index in [0.29, 0.717) is 23.8 Å². The molecule has 2 fully saturated rings. The zero-order valence-corrected chi connectivity index (χ0v) is 19.4. The number of hydrogen-bond donors (Lipinski definition) is 0. The Balaban J connectivity index is 1.42. The highest BCUT2D eigenvalue weighted by molar-refractivity contribution is 5.96. The molecule has 0 atom stereocenters. The van der Waals surface area contributed by atoms with Crippen molar-refractivity contribution >= 4 is 5.91 Å². The normalized spacial score (nSPS) is 19.1. The van der Waals surface area contributed by atoms with Gasteiger partial charge in [-0.05, 0) is 94.7 Å². The Morgan fingerprint density at radius 1 is 1.03 bits per heavy atom. The van der Waals surface area contributed by atoms with Gasteiger partial charge in [0.15, 0.2) is 0 Å². The molecule has 0 saturated carbocycles. The van der Waals surface area contributed by atoms with Crippen molar-refractivity contribution in [3.63, 3.8) is 0 Å². The molecule has 1 aromatic carbocycles. The summed E-state index contributed by atoms with van der Waals surface area (Å²) in [5, 5.41) is 0. The Morgan fingerprint density at radius 3 is 2.41 bits per heavy atom. The molecule has 32 heavy (non-hydrogen) atoms. The number of likely N-dealkylation sites (tertiary alicyclic amines) is 2. The Morgan fingerprint density at radius 2 is 1.72 bits per heavy atom. The lowest BCUT2D eigenvalue weighted by Crippen LogP contribution is -2.48.